The summed E-state index contributed by atoms with van der Waals surface area (Å²) in [6, 6.07) is 8.71. The summed E-state index contributed by atoms with van der Waals surface area (Å²) in [5.41, 5.74) is 2.59. The predicted octanol–water partition coefficient (Wildman–Crippen LogP) is 5.14. The number of fused-ring (bicyclic) bond motifs is 1. The van der Waals surface area contributed by atoms with Crippen LogP contribution < -0.4 is 14.8 Å². The van der Waals surface area contributed by atoms with Crippen LogP contribution >= 0.6 is 23.2 Å². The van der Waals surface area contributed by atoms with Gasteiger partial charge >= 0.3 is 5.97 Å². The smallest absolute Gasteiger partial charge is 0.328 e. The largest absolute Gasteiger partial charge is 0.493 e. The Hall–Kier alpha value is -2.11. The van der Waals surface area contributed by atoms with Crippen molar-refractivity contribution >= 4 is 34.9 Å². The third kappa shape index (κ3) is 3.74. The molecule has 28 heavy (non-hydrogen) atoms. The van der Waals surface area contributed by atoms with Gasteiger partial charge in [0.2, 0.25) is 0 Å². The van der Waals surface area contributed by atoms with Gasteiger partial charge < -0.3 is 19.5 Å². The minimum atomic E-state index is -0.528. The van der Waals surface area contributed by atoms with Gasteiger partial charge in [0, 0.05) is 27.2 Å². The van der Waals surface area contributed by atoms with E-state index in [1.165, 1.54) is 0 Å². The maximum Gasteiger partial charge on any atom is 0.328 e. The Bertz CT molecular complexity index is 887. The highest BCUT2D eigenvalue weighted by molar-refractivity contribution is 6.35. The number of ether oxygens (including phenoxy) is 3. The second-order valence-electron chi connectivity index (χ2n) is 6.67. The highest BCUT2D eigenvalue weighted by atomic mass is 35.5. The number of halogens is 2. The number of benzene rings is 2. The molecule has 5 nitrogen and oxygen atoms in total. The highest BCUT2D eigenvalue weighted by Gasteiger charge is 2.40. The van der Waals surface area contributed by atoms with Crippen LogP contribution in [0.5, 0.6) is 11.5 Å². The van der Waals surface area contributed by atoms with Crippen molar-refractivity contribution in [1.29, 1.82) is 0 Å². The Labute approximate surface area is 174 Å². The molecular formula is C21H23Cl2NO4. The average molecular weight is 424 g/mol. The van der Waals surface area contributed by atoms with E-state index in [0.717, 1.165) is 16.8 Å². The van der Waals surface area contributed by atoms with Crippen LogP contribution in [-0.4, -0.2) is 32.8 Å². The van der Waals surface area contributed by atoms with E-state index in [1.54, 1.807) is 33.3 Å². The number of hydrogen-bond acceptors (Lipinski definition) is 5. The molecule has 3 unspecified atom stereocenters. The molecule has 3 atom stereocenters. The summed E-state index contributed by atoms with van der Waals surface area (Å²) < 4.78 is 16.1. The molecule has 0 aromatic heterocycles. The zero-order valence-electron chi connectivity index (χ0n) is 16.2. The number of esters is 1. The number of carbonyl (C=O) groups is 1. The second kappa shape index (κ2) is 8.50. The van der Waals surface area contributed by atoms with Crippen molar-refractivity contribution in [2.75, 3.05) is 26.1 Å². The van der Waals surface area contributed by atoms with E-state index in [9.17, 15) is 4.79 Å². The van der Waals surface area contributed by atoms with E-state index < -0.39 is 6.04 Å². The van der Waals surface area contributed by atoms with Crippen molar-refractivity contribution < 1.29 is 19.0 Å². The summed E-state index contributed by atoms with van der Waals surface area (Å²) in [5.74, 6) is 0.669. The molecular weight excluding hydrogens is 401 g/mol. The Morgan fingerprint density at radius 2 is 1.82 bits per heavy atom. The molecule has 7 heteroatoms. The molecule has 150 valence electrons. The molecule has 0 amide bonds. The molecule has 1 N–H and O–H groups in total. The van der Waals surface area contributed by atoms with Gasteiger partial charge in [-0.15, -0.1) is 0 Å². The molecule has 0 spiro atoms. The van der Waals surface area contributed by atoms with Gasteiger partial charge in [-0.3, -0.25) is 0 Å². The minimum Gasteiger partial charge on any atom is -0.493 e. The molecule has 0 saturated carbocycles. The summed E-state index contributed by atoms with van der Waals surface area (Å²) in [7, 11) is 3.19. The fourth-order valence-electron chi connectivity index (χ4n) is 3.80. The maximum atomic E-state index is 12.6. The first-order chi connectivity index (χ1) is 13.4. The van der Waals surface area contributed by atoms with Gasteiger partial charge in [0.05, 0.1) is 20.8 Å². The summed E-state index contributed by atoms with van der Waals surface area (Å²) in [6.07, 6.45) is 0. The Balaban J connectivity index is 2.16. The van der Waals surface area contributed by atoms with Crippen LogP contribution in [0.4, 0.5) is 5.69 Å². The van der Waals surface area contributed by atoms with Gasteiger partial charge in [-0.1, -0.05) is 36.2 Å². The Morgan fingerprint density at radius 1 is 1.11 bits per heavy atom. The van der Waals surface area contributed by atoms with Crippen LogP contribution in [0.2, 0.25) is 10.0 Å². The minimum absolute atomic E-state index is 0.122. The lowest BCUT2D eigenvalue weighted by molar-refractivity contribution is -0.145. The molecule has 0 radical (unpaired) electrons. The molecule has 0 aliphatic carbocycles. The van der Waals surface area contributed by atoms with Gasteiger partial charge in [-0.05, 0) is 42.7 Å². The summed E-state index contributed by atoms with van der Waals surface area (Å²) in [5, 5.41) is 4.31. The summed E-state index contributed by atoms with van der Waals surface area (Å²) >= 11 is 12.8. The van der Waals surface area contributed by atoms with Crippen LogP contribution in [0.25, 0.3) is 0 Å². The van der Waals surface area contributed by atoms with Gasteiger partial charge in [0.1, 0.15) is 6.04 Å². The first kappa shape index (κ1) is 20.6. The van der Waals surface area contributed by atoms with Crippen LogP contribution in [0.15, 0.2) is 30.3 Å². The molecule has 3 rings (SSSR count). The van der Waals surface area contributed by atoms with E-state index in [1.807, 2.05) is 25.1 Å². The van der Waals surface area contributed by atoms with E-state index in [0.29, 0.717) is 28.2 Å². The van der Waals surface area contributed by atoms with Crippen molar-refractivity contribution in [3.05, 3.63) is 51.5 Å². The topological polar surface area (TPSA) is 56.8 Å². The summed E-state index contributed by atoms with van der Waals surface area (Å²) in [4.78, 5) is 12.6. The molecule has 1 aliphatic heterocycles. The number of methoxy groups -OCH3 is 2. The third-order valence-corrected chi connectivity index (χ3v) is 5.61. The highest BCUT2D eigenvalue weighted by Crippen LogP contribution is 2.48. The van der Waals surface area contributed by atoms with Crippen molar-refractivity contribution in [3.8, 4) is 11.5 Å². The fourth-order valence-corrected chi connectivity index (χ4v) is 4.41. The second-order valence-corrected chi connectivity index (χ2v) is 7.52. The molecule has 1 heterocycles. The van der Waals surface area contributed by atoms with Gasteiger partial charge in [-0.25, -0.2) is 4.79 Å². The van der Waals surface area contributed by atoms with Crippen molar-refractivity contribution in [2.24, 2.45) is 5.92 Å². The van der Waals surface area contributed by atoms with E-state index in [4.69, 9.17) is 37.4 Å². The summed E-state index contributed by atoms with van der Waals surface area (Å²) in [6.45, 7) is 4.11. The molecule has 2 aromatic carbocycles. The Kier molecular flexibility index (Phi) is 6.26. The number of nitrogens with one attached hydrogen (secondary N) is 1. The normalized spacial score (nSPS) is 20.7. The number of anilines is 1. The van der Waals surface area contributed by atoms with E-state index in [2.05, 4.69) is 5.32 Å². The lowest BCUT2D eigenvalue weighted by Gasteiger charge is -2.38. The first-order valence-electron chi connectivity index (χ1n) is 9.05. The predicted molar refractivity (Wildman–Crippen MR) is 111 cm³/mol. The number of carbonyl (C=O) groups excluding carboxylic acids is 1. The fraction of sp³-hybridized carbons (Fsp3) is 0.381. The zero-order valence-corrected chi connectivity index (χ0v) is 17.7. The SMILES string of the molecule is CCOC(=O)C1Nc2cc(Cl)cc(Cl)c2C(c2ccc(OC)c(OC)c2)C1C. The average Bonchev–Trinajstić information content (AvgIpc) is 2.67. The molecule has 0 fully saturated rings. The van der Waals surface area contributed by atoms with Crippen molar-refractivity contribution in [1.82, 2.24) is 0 Å². The van der Waals surface area contributed by atoms with Crippen molar-refractivity contribution in [2.45, 2.75) is 25.8 Å². The third-order valence-electron chi connectivity index (χ3n) is 5.08. The standard InChI is InChI=1S/C21H23Cl2NO4/c1-5-28-21(25)20-11(2)18(12-6-7-16(26-3)17(8-12)27-4)19-14(23)9-13(22)10-15(19)24-20/h6-11,18,20,24H,5H2,1-4H3. The van der Waals surface area contributed by atoms with Crippen LogP contribution in [0.1, 0.15) is 30.9 Å². The molecule has 0 bridgehead atoms. The van der Waals surface area contributed by atoms with Crippen LogP contribution in [-0.2, 0) is 9.53 Å². The number of hydrogen-bond donors (Lipinski definition) is 1. The maximum absolute atomic E-state index is 12.6. The zero-order chi connectivity index (χ0) is 20.4. The van der Waals surface area contributed by atoms with E-state index in [-0.39, 0.29) is 17.8 Å². The molecule has 0 saturated heterocycles. The van der Waals surface area contributed by atoms with Gasteiger partial charge in [-0.2, -0.15) is 0 Å². The van der Waals surface area contributed by atoms with Gasteiger partial charge in [0.25, 0.3) is 0 Å². The van der Waals surface area contributed by atoms with Crippen LogP contribution in [0, 0.1) is 5.92 Å². The lowest BCUT2D eigenvalue weighted by Crippen LogP contribution is -2.43. The lowest BCUT2D eigenvalue weighted by atomic mass is 9.74. The first-order valence-corrected chi connectivity index (χ1v) is 9.80. The van der Waals surface area contributed by atoms with Gasteiger partial charge in [0.15, 0.2) is 11.5 Å². The van der Waals surface area contributed by atoms with Crippen molar-refractivity contribution in [3.63, 3.8) is 0 Å². The monoisotopic (exact) mass is 423 g/mol. The quantitative estimate of drug-likeness (QED) is 0.674. The van der Waals surface area contributed by atoms with Crippen LogP contribution in [0.3, 0.4) is 0 Å². The molecule has 2 aromatic rings. The molecule has 1 aliphatic rings. The Morgan fingerprint density at radius 3 is 2.46 bits per heavy atom. The number of rotatable bonds is 5. The van der Waals surface area contributed by atoms with E-state index >= 15 is 0 Å².